The third-order valence-electron chi connectivity index (χ3n) is 5.68. The average molecular weight is 498 g/mol. The van der Waals surface area contributed by atoms with Crippen LogP contribution in [0.4, 0.5) is 17.1 Å². The second-order valence-electron chi connectivity index (χ2n) is 7.98. The summed E-state index contributed by atoms with van der Waals surface area (Å²) in [5, 5.41) is 18.0. The second kappa shape index (κ2) is 9.26. The van der Waals surface area contributed by atoms with Crippen molar-refractivity contribution in [3.63, 3.8) is 0 Å². The number of methoxy groups -OCH3 is 1. The van der Waals surface area contributed by atoms with Crippen molar-refractivity contribution >= 4 is 51.6 Å². The molecule has 1 amide bonds. The predicted molar refractivity (Wildman–Crippen MR) is 137 cm³/mol. The van der Waals surface area contributed by atoms with Crippen LogP contribution in [0.3, 0.4) is 0 Å². The second-order valence-corrected chi connectivity index (χ2v) is 7.98. The molecule has 0 saturated carbocycles. The van der Waals surface area contributed by atoms with Gasteiger partial charge in [-0.25, -0.2) is 4.79 Å². The number of carbonyl (C=O) groups is 2. The molecule has 0 bridgehead atoms. The first kappa shape index (κ1) is 23.2. The minimum atomic E-state index is -0.655. The van der Waals surface area contributed by atoms with Gasteiger partial charge in [-0.3, -0.25) is 25.1 Å². The zero-order chi connectivity index (χ0) is 26.1. The molecule has 0 spiro atoms. The Kier molecular flexibility index (Phi) is 5.82. The highest BCUT2D eigenvalue weighted by Gasteiger charge is 2.30. The molecule has 3 aromatic carbocycles. The molecular formula is C25H18N6O6. The van der Waals surface area contributed by atoms with Crippen molar-refractivity contribution in [2.75, 3.05) is 17.9 Å². The number of aromatic nitrogens is 2. The summed E-state index contributed by atoms with van der Waals surface area (Å²) in [5.41, 5.74) is 4.88. The maximum Gasteiger partial charge on any atom is 0.323 e. The normalized spacial score (nSPS) is 13.7. The highest BCUT2D eigenvalue weighted by molar-refractivity contribution is 6.59. The Hall–Kier alpha value is -5.52. The van der Waals surface area contributed by atoms with E-state index < -0.39 is 16.6 Å². The third kappa shape index (κ3) is 4.46. The number of non-ortho nitro benzene ring substituents is 1. The van der Waals surface area contributed by atoms with Gasteiger partial charge >= 0.3 is 5.69 Å². The lowest BCUT2D eigenvalue weighted by atomic mass is 9.89. The van der Waals surface area contributed by atoms with Crippen molar-refractivity contribution in [3.8, 4) is 5.75 Å². The molecule has 1 aliphatic rings. The van der Waals surface area contributed by atoms with E-state index in [0.717, 1.165) is 0 Å². The van der Waals surface area contributed by atoms with Crippen LogP contribution in [0, 0.1) is 10.1 Å². The number of nitro benzene ring substituents is 1. The van der Waals surface area contributed by atoms with Gasteiger partial charge in [0.25, 0.3) is 11.6 Å². The summed E-state index contributed by atoms with van der Waals surface area (Å²) < 4.78 is 5.21. The van der Waals surface area contributed by atoms with E-state index in [-0.39, 0.29) is 28.4 Å². The number of aromatic amines is 2. The van der Waals surface area contributed by atoms with Crippen LogP contribution < -0.4 is 21.2 Å². The van der Waals surface area contributed by atoms with Crippen LogP contribution in [0.1, 0.15) is 11.1 Å². The van der Waals surface area contributed by atoms with Crippen LogP contribution in [0.15, 0.2) is 76.1 Å². The fourth-order valence-corrected chi connectivity index (χ4v) is 3.90. The van der Waals surface area contributed by atoms with Gasteiger partial charge in [-0.1, -0.05) is 24.3 Å². The van der Waals surface area contributed by atoms with E-state index in [2.05, 4.69) is 25.8 Å². The molecule has 5 rings (SSSR count). The van der Waals surface area contributed by atoms with Crippen LogP contribution in [0.2, 0.25) is 0 Å². The fourth-order valence-electron chi connectivity index (χ4n) is 3.90. The number of anilines is 2. The number of hydrazone groups is 1. The van der Waals surface area contributed by atoms with E-state index in [9.17, 15) is 24.5 Å². The number of carbonyl (C=O) groups excluding carboxylic acids is 2. The molecule has 1 aromatic heterocycles. The number of benzene rings is 3. The van der Waals surface area contributed by atoms with Crippen molar-refractivity contribution in [1.82, 2.24) is 9.97 Å². The van der Waals surface area contributed by atoms with Gasteiger partial charge in [-0.05, 0) is 35.9 Å². The number of Topliss-reactive ketones (excluding diaryl/α,β-unsaturated/α-hetero) is 1. The number of fused-ring (bicyclic) bond motifs is 2. The summed E-state index contributed by atoms with van der Waals surface area (Å²) in [6, 6.07) is 15.7. The number of hydrogen-bond donors (Lipinski definition) is 4. The maximum atomic E-state index is 13.4. The summed E-state index contributed by atoms with van der Waals surface area (Å²) in [6.45, 7) is 0. The number of amides is 1. The quantitative estimate of drug-likeness (QED) is 0.179. The van der Waals surface area contributed by atoms with Crippen LogP contribution in [-0.4, -0.2) is 39.4 Å². The Labute approximate surface area is 207 Å². The van der Waals surface area contributed by atoms with Crippen LogP contribution >= 0.6 is 0 Å². The summed E-state index contributed by atoms with van der Waals surface area (Å²) in [7, 11) is 1.35. The van der Waals surface area contributed by atoms with Crippen LogP contribution in [0.25, 0.3) is 17.1 Å². The number of ether oxygens (including phenoxy) is 1. The molecule has 1 heterocycles. The fraction of sp³-hybridized carbons (Fsp3) is 0.0400. The average Bonchev–Trinajstić information content (AvgIpc) is 3.26. The van der Waals surface area contributed by atoms with Gasteiger partial charge < -0.3 is 20.0 Å². The molecule has 0 atom stereocenters. The van der Waals surface area contributed by atoms with Gasteiger partial charge in [-0.15, -0.1) is 0 Å². The molecule has 12 heteroatoms. The van der Waals surface area contributed by atoms with E-state index in [0.29, 0.717) is 33.5 Å². The minimum Gasteiger partial charge on any atom is -0.494 e. The largest absolute Gasteiger partial charge is 0.494 e. The van der Waals surface area contributed by atoms with Gasteiger partial charge in [0.2, 0.25) is 5.78 Å². The topological polar surface area (TPSA) is 172 Å². The molecule has 37 heavy (non-hydrogen) atoms. The lowest BCUT2D eigenvalue weighted by Gasteiger charge is -2.18. The molecule has 0 aliphatic heterocycles. The monoisotopic (exact) mass is 498 g/mol. The van der Waals surface area contributed by atoms with Gasteiger partial charge in [0.1, 0.15) is 5.71 Å². The Morgan fingerprint density at radius 3 is 2.59 bits per heavy atom. The first-order valence-corrected chi connectivity index (χ1v) is 10.9. The SMILES string of the molecule is COc1cc([N+](=O)[O-])ccc1N/N=C1\C(=O)C(C(=O)Nc2ccc3[nH]c(=O)[nH]c3c2)=Cc2ccccc21. The van der Waals surface area contributed by atoms with E-state index in [1.54, 1.807) is 42.5 Å². The van der Waals surface area contributed by atoms with Crippen molar-refractivity contribution in [3.05, 3.63) is 98.0 Å². The summed E-state index contributed by atoms with van der Waals surface area (Å²) in [6.07, 6.45) is 1.48. The molecule has 12 nitrogen and oxygen atoms in total. The Morgan fingerprint density at radius 1 is 1.03 bits per heavy atom. The predicted octanol–water partition coefficient (Wildman–Crippen LogP) is 3.19. The molecule has 0 unspecified atom stereocenters. The number of hydrogen-bond acceptors (Lipinski definition) is 8. The number of nitrogens with zero attached hydrogens (tertiary/aromatic N) is 2. The van der Waals surface area contributed by atoms with Crippen molar-refractivity contribution in [2.45, 2.75) is 0 Å². The number of imidazole rings is 1. The lowest BCUT2D eigenvalue weighted by Crippen LogP contribution is -2.30. The highest BCUT2D eigenvalue weighted by atomic mass is 16.6. The molecule has 0 fully saturated rings. The summed E-state index contributed by atoms with van der Waals surface area (Å²) in [5.74, 6) is -1.13. The van der Waals surface area contributed by atoms with Gasteiger partial charge in [-0.2, -0.15) is 5.10 Å². The van der Waals surface area contributed by atoms with Gasteiger partial charge in [0, 0.05) is 17.3 Å². The van der Waals surface area contributed by atoms with Crippen molar-refractivity contribution < 1.29 is 19.2 Å². The maximum absolute atomic E-state index is 13.4. The summed E-state index contributed by atoms with van der Waals surface area (Å²) in [4.78, 5) is 53.7. The lowest BCUT2D eigenvalue weighted by molar-refractivity contribution is -0.384. The minimum absolute atomic E-state index is 0.0194. The zero-order valence-electron chi connectivity index (χ0n) is 19.2. The Balaban J connectivity index is 1.46. The van der Waals surface area contributed by atoms with E-state index in [1.807, 2.05) is 0 Å². The van der Waals surface area contributed by atoms with E-state index in [4.69, 9.17) is 4.74 Å². The number of rotatable bonds is 6. The number of nitrogens with one attached hydrogen (secondary N) is 4. The van der Waals surface area contributed by atoms with E-state index in [1.165, 1.54) is 31.4 Å². The first-order valence-electron chi connectivity index (χ1n) is 10.9. The molecular weight excluding hydrogens is 480 g/mol. The molecule has 1 aliphatic carbocycles. The number of nitro groups is 1. The molecule has 4 N–H and O–H groups in total. The number of ketones is 1. The van der Waals surface area contributed by atoms with Crippen molar-refractivity contribution in [1.29, 1.82) is 0 Å². The smallest absolute Gasteiger partial charge is 0.323 e. The Morgan fingerprint density at radius 2 is 1.81 bits per heavy atom. The standard InChI is InChI=1S/C25H18N6O6/c1-37-21-12-15(31(35)36)7-9-19(21)29-30-22-16-5-3-2-4-13(16)10-17(23(22)32)24(33)26-14-6-8-18-20(11-14)28-25(34)27-18/h2-12,29H,1H3,(H,26,33)(H2,27,28,34)/b30-22-. The molecule has 0 radical (unpaired) electrons. The van der Waals surface area contributed by atoms with Gasteiger partial charge in [0.05, 0.1) is 40.4 Å². The van der Waals surface area contributed by atoms with Gasteiger partial charge in [0.15, 0.2) is 5.75 Å². The van der Waals surface area contributed by atoms with Crippen LogP contribution in [0.5, 0.6) is 5.75 Å². The summed E-state index contributed by atoms with van der Waals surface area (Å²) >= 11 is 0. The molecule has 4 aromatic rings. The first-order chi connectivity index (χ1) is 17.8. The third-order valence-corrected chi connectivity index (χ3v) is 5.68. The Bertz CT molecular complexity index is 1710. The molecule has 0 saturated heterocycles. The number of H-pyrrole nitrogens is 2. The van der Waals surface area contributed by atoms with Crippen LogP contribution in [-0.2, 0) is 9.59 Å². The van der Waals surface area contributed by atoms with E-state index >= 15 is 0 Å². The highest BCUT2D eigenvalue weighted by Crippen LogP contribution is 2.30. The molecule has 184 valence electrons. The van der Waals surface area contributed by atoms with Crippen molar-refractivity contribution in [2.24, 2.45) is 5.10 Å². The zero-order valence-corrected chi connectivity index (χ0v) is 19.2.